The van der Waals surface area contributed by atoms with Crippen molar-refractivity contribution in [1.29, 1.82) is 0 Å². The molecule has 0 aromatic heterocycles. The first-order valence-corrected chi connectivity index (χ1v) is 10.4. The van der Waals surface area contributed by atoms with Crippen LogP contribution in [0.3, 0.4) is 0 Å². The fraction of sp³-hybridized carbons (Fsp3) is 0.0556. The smallest absolute Gasteiger partial charge is 0.263 e. The third kappa shape index (κ3) is 5.04. The van der Waals surface area contributed by atoms with E-state index in [9.17, 15) is 9.59 Å². The van der Waals surface area contributed by atoms with E-state index >= 15 is 0 Å². The van der Waals surface area contributed by atoms with Crippen molar-refractivity contribution in [3.63, 3.8) is 0 Å². The molecule has 3 rings (SSSR count). The maximum absolute atomic E-state index is 12.1. The van der Waals surface area contributed by atoms with Gasteiger partial charge in [-0.25, -0.2) is 0 Å². The number of hydrogen-bond donors (Lipinski definition) is 2. The molecule has 2 aromatic rings. The highest BCUT2D eigenvalue weighted by Crippen LogP contribution is 2.35. The van der Waals surface area contributed by atoms with Gasteiger partial charge in [-0.1, -0.05) is 44.0 Å². The van der Waals surface area contributed by atoms with Crippen LogP contribution in [0.1, 0.15) is 11.1 Å². The van der Waals surface area contributed by atoms with Gasteiger partial charge in [-0.2, -0.15) is 0 Å². The van der Waals surface area contributed by atoms with Crippen LogP contribution in [0.15, 0.2) is 55.4 Å². The van der Waals surface area contributed by atoms with E-state index in [0.29, 0.717) is 22.4 Å². The number of hydrogen-bond acceptors (Lipinski definition) is 4. The van der Waals surface area contributed by atoms with Gasteiger partial charge < -0.3 is 4.74 Å². The number of benzene rings is 2. The van der Waals surface area contributed by atoms with Crippen molar-refractivity contribution in [2.24, 2.45) is 0 Å². The Morgan fingerprint density at radius 3 is 2.22 bits per heavy atom. The number of rotatable bonds is 4. The molecule has 2 amide bonds. The Labute approximate surface area is 185 Å². The maximum Gasteiger partial charge on any atom is 0.263 e. The zero-order chi connectivity index (χ0) is 19.6. The summed E-state index contributed by atoms with van der Waals surface area (Å²) in [6.45, 7) is 0.326. The molecule has 5 nitrogen and oxygen atoms in total. The Bertz CT molecular complexity index is 953. The Morgan fingerprint density at radius 1 is 0.963 bits per heavy atom. The van der Waals surface area contributed by atoms with Gasteiger partial charge in [0.05, 0.1) is 4.47 Å². The van der Waals surface area contributed by atoms with Gasteiger partial charge in [-0.05, 0) is 64.1 Å². The summed E-state index contributed by atoms with van der Waals surface area (Å²) in [5, 5.41) is 4.82. The van der Waals surface area contributed by atoms with Gasteiger partial charge in [0.25, 0.3) is 11.8 Å². The summed E-state index contributed by atoms with van der Waals surface area (Å²) in [4.78, 5) is 24.2. The molecule has 0 bridgehead atoms. The van der Waals surface area contributed by atoms with Crippen LogP contribution >= 0.6 is 60.0 Å². The van der Waals surface area contributed by atoms with Crippen molar-refractivity contribution in [3.05, 3.63) is 66.5 Å². The highest BCUT2D eigenvalue weighted by Gasteiger charge is 2.26. The molecule has 2 aromatic carbocycles. The standard InChI is InChI=1S/C18H11Br3N2O3S/c19-11-3-1-9(2-4-11)8-26-15-10(5-12(20)7-14(15)21)6-13-16(24)22-18(27)23-17(13)25/h1-7H,8H2,(H2,22,23,24,25,27). The van der Waals surface area contributed by atoms with Crippen molar-refractivity contribution in [2.45, 2.75) is 6.61 Å². The van der Waals surface area contributed by atoms with Gasteiger partial charge in [-0.15, -0.1) is 0 Å². The van der Waals surface area contributed by atoms with Gasteiger partial charge in [0.15, 0.2) is 5.11 Å². The zero-order valence-electron chi connectivity index (χ0n) is 13.5. The van der Waals surface area contributed by atoms with Crippen LogP contribution in [0, 0.1) is 0 Å². The molecule has 0 atom stereocenters. The lowest BCUT2D eigenvalue weighted by molar-refractivity contribution is -0.123. The highest BCUT2D eigenvalue weighted by molar-refractivity contribution is 9.11. The van der Waals surface area contributed by atoms with E-state index in [4.69, 9.17) is 17.0 Å². The summed E-state index contributed by atoms with van der Waals surface area (Å²) < 4.78 is 8.40. The third-order valence-electron chi connectivity index (χ3n) is 3.58. The normalized spacial score (nSPS) is 13.9. The highest BCUT2D eigenvalue weighted by atomic mass is 79.9. The molecule has 1 aliphatic heterocycles. The average molecular weight is 575 g/mol. The lowest BCUT2D eigenvalue weighted by Crippen LogP contribution is -2.51. The monoisotopic (exact) mass is 572 g/mol. The Morgan fingerprint density at radius 2 is 1.59 bits per heavy atom. The van der Waals surface area contributed by atoms with E-state index in [1.54, 1.807) is 6.07 Å². The van der Waals surface area contributed by atoms with E-state index in [-0.39, 0.29) is 10.7 Å². The lowest BCUT2D eigenvalue weighted by Gasteiger charge is -2.17. The Kier molecular flexibility index (Phi) is 6.46. The number of ether oxygens (including phenoxy) is 1. The molecular weight excluding hydrogens is 564 g/mol. The van der Waals surface area contributed by atoms with Crippen LogP contribution < -0.4 is 15.4 Å². The molecule has 0 saturated carbocycles. The van der Waals surface area contributed by atoms with Crippen LogP contribution in [-0.2, 0) is 16.2 Å². The summed E-state index contributed by atoms with van der Waals surface area (Å²) in [7, 11) is 0. The molecule has 0 spiro atoms. The molecule has 138 valence electrons. The Hall–Kier alpha value is -1.55. The quantitative estimate of drug-likeness (QED) is 0.321. The van der Waals surface area contributed by atoms with Crippen LogP contribution in [0.5, 0.6) is 5.75 Å². The van der Waals surface area contributed by atoms with Gasteiger partial charge >= 0.3 is 0 Å². The van der Waals surface area contributed by atoms with Crippen LogP contribution in [0.2, 0.25) is 0 Å². The molecule has 27 heavy (non-hydrogen) atoms. The lowest BCUT2D eigenvalue weighted by atomic mass is 10.1. The minimum atomic E-state index is -0.557. The summed E-state index contributed by atoms with van der Waals surface area (Å²) in [6.07, 6.45) is 1.47. The summed E-state index contributed by atoms with van der Waals surface area (Å²) in [6, 6.07) is 11.3. The fourth-order valence-corrected chi connectivity index (χ4v) is 4.16. The van der Waals surface area contributed by atoms with Gasteiger partial charge in [0, 0.05) is 14.5 Å². The predicted molar refractivity (Wildman–Crippen MR) is 117 cm³/mol. The number of amides is 2. The molecule has 2 N–H and O–H groups in total. The molecule has 0 unspecified atom stereocenters. The summed E-state index contributed by atoms with van der Waals surface area (Å²) >= 11 is 15.1. The minimum Gasteiger partial charge on any atom is -0.487 e. The number of carbonyl (C=O) groups is 2. The fourth-order valence-electron chi connectivity index (χ4n) is 2.34. The van der Waals surface area contributed by atoms with Crippen molar-refractivity contribution in [3.8, 4) is 5.75 Å². The summed E-state index contributed by atoms with van der Waals surface area (Å²) in [5.74, 6) is -0.597. The second-order valence-corrected chi connectivity index (χ2v) is 8.61. The van der Waals surface area contributed by atoms with Gasteiger partial charge in [0.2, 0.25) is 0 Å². The first-order valence-electron chi connectivity index (χ1n) is 7.58. The molecule has 1 aliphatic rings. The number of carbonyl (C=O) groups excluding carboxylic acids is 2. The molecule has 9 heteroatoms. The van der Waals surface area contributed by atoms with Crippen LogP contribution in [0.25, 0.3) is 6.08 Å². The average Bonchev–Trinajstić information content (AvgIpc) is 2.58. The molecular formula is C18H11Br3N2O3S. The third-order valence-corrected chi connectivity index (χ3v) is 5.36. The predicted octanol–water partition coefficient (Wildman–Crippen LogP) is 4.47. The maximum atomic E-state index is 12.1. The topological polar surface area (TPSA) is 67.4 Å². The van der Waals surface area contributed by atoms with Crippen molar-refractivity contribution in [2.75, 3.05) is 0 Å². The number of nitrogens with one attached hydrogen (secondary N) is 2. The zero-order valence-corrected chi connectivity index (χ0v) is 19.1. The molecule has 1 heterocycles. The van der Waals surface area contributed by atoms with Crippen molar-refractivity contribution < 1.29 is 14.3 Å². The van der Waals surface area contributed by atoms with Crippen molar-refractivity contribution in [1.82, 2.24) is 10.6 Å². The van der Waals surface area contributed by atoms with E-state index < -0.39 is 11.8 Å². The first-order chi connectivity index (χ1) is 12.8. The molecule has 1 saturated heterocycles. The van der Waals surface area contributed by atoms with E-state index in [1.165, 1.54) is 6.08 Å². The largest absolute Gasteiger partial charge is 0.487 e. The Balaban J connectivity index is 1.94. The van der Waals surface area contributed by atoms with E-state index in [0.717, 1.165) is 14.5 Å². The van der Waals surface area contributed by atoms with Gasteiger partial charge in [-0.3, -0.25) is 20.2 Å². The van der Waals surface area contributed by atoms with Crippen molar-refractivity contribution >= 4 is 83.0 Å². The van der Waals surface area contributed by atoms with Crippen LogP contribution in [0.4, 0.5) is 0 Å². The molecule has 0 radical (unpaired) electrons. The first kappa shape index (κ1) is 20.2. The summed E-state index contributed by atoms with van der Waals surface area (Å²) in [5.41, 5.74) is 1.49. The second-order valence-electron chi connectivity index (χ2n) is 5.52. The SMILES string of the molecule is O=C1NC(=S)NC(=O)C1=Cc1cc(Br)cc(Br)c1OCc1ccc(Br)cc1. The second kappa shape index (κ2) is 8.64. The van der Waals surface area contributed by atoms with Crippen LogP contribution in [-0.4, -0.2) is 16.9 Å². The minimum absolute atomic E-state index is 0.00992. The van der Waals surface area contributed by atoms with Gasteiger partial charge in [0.1, 0.15) is 17.9 Å². The van der Waals surface area contributed by atoms with E-state index in [1.807, 2.05) is 30.3 Å². The number of thiocarbonyl (C=S) groups is 1. The molecule has 1 fully saturated rings. The van der Waals surface area contributed by atoms with E-state index in [2.05, 4.69) is 58.4 Å². The molecule has 0 aliphatic carbocycles. The number of halogens is 3.